The summed E-state index contributed by atoms with van der Waals surface area (Å²) in [5.74, 6) is 0. The van der Waals surface area contributed by atoms with Crippen molar-refractivity contribution in [1.82, 2.24) is 20.1 Å². The van der Waals surface area contributed by atoms with Crippen molar-refractivity contribution in [2.45, 2.75) is 32.4 Å². The average molecular weight is 315 g/mol. The van der Waals surface area contributed by atoms with Crippen LogP contribution in [0.4, 0.5) is 10.5 Å². The zero-order valence-electron chi connectivity index (χ0n) is 13.5. The van der Waals surface area contributed by atoms with Gasteiger partial charge in [0.05, 0.1) is 24.1 Å². The average Bonchev–Trinajstić information content (AvgIpc) is 3.07. The van der Waals surface area contributed by atoms with Crippen LogP contribution in [0.5, 0.6) is 0 Å². The molecule has 0 radical (unpaired) electrons. The summed E-state index contributed by atoms with van der Waals surface area (Å²) >= 11 is 0. The van der Waals surface area contributed by atoms with Crippen LogP contribution in [0, 0.1) is 13.8 Å². The van der Waals surface area contributed by atoms with Gasteiger partial charge in [-0.3, -0.25) is 9.67 Å². The Kier molecular flexibility index (Phi) is 4.29. The summed E-state index contributed by atoms with van der Waals surface area (Å²) in [5, 5.41) is 10.1. The van der Waals surface area contributed by atoms with Crippen LogP contribution >= 0.6 is 0 Å². The van der Waals surface area contributed by atoms with Crippen LogP contribution in [-0.2, 0) is 11.8 Å². The van der Waals surface area contributed by atoms with Gasteiger partial charge in [0.15, 0.2) is 0 Å². The number of pyridine rings is 1. The van der Waals surface area contributed by atoms with Crippen LogP contribution in [0.15, 0.2) is 24.7 Å². The number of hydrogen-bond acceptors (Lipinski definition) is 4. The molecule has 122 valence electrons. The van der Waals surface area contributed by atoms with Gasteiger partial charge in [-0.25, -0.2) is 4.79 Å². The second kappa shape index (κ2) is 6.37. The Morgan fingerprint density at radius 1 is 1.35 bits per heavy atom. The highest BCUT2D eigenvalue weighted by atomic mass is 16.5. The number of aromatic nitrogens is 3. The molecule has 2 aromatic rings. The molecule has 7 nitrogen and oxygen atoms in total. The van der Waals surface area contributed by atoms with Gasteiger partial charge in [-0.1, -0.05) is 0 Å². The zero-order valence-corrected chi connectivity index (χ0v) is 13.5. The third-order valence-electron chi connectivity index (χ3n) is 4.12. The maximum atomic E-state index is 12.2. The summed E-state index contributed by atoms with van der Waals surface area (Å²) in [6.07, 6.45) is 5.79. The number of hydrogen-bond donors (Lipinski definition) is 2. The molecule has 2 N–H and O–H groups in total. The molecular formula is C16H21N5O2. The Morgan fingerprint density at radius 3 is 2.87 bits per heavy atom. The molecule has 0 aromatic carbocycles. The minimum atomic E-state index is -0.251. The van der Waals surface area contributed by atoms with Crippen molar-refractivity contribution in [1.29, 1.82) is 0 Å². The van der Waals surface area contributed by atoms with Crippen LogP contribution in [0.1, 0.15) is 29.3 Å². The summed E-state index contributed by atoms with van der Waals surface area (Å²) in [6.45, 7) is 4.55. The zero-order chi connectivity index (χ0) is 16.4. The lowest BCUT2D eigenvalue weighted by molar-refractivity contribution is 0.0998. The molecule has 7 heteroatoms. The standard InChI is InChI=1S/C16H21N5O2/c1-10-6-12(8-17-7-10)19-16(22)20-14-4-5-23-15(14)13-9-18-21(3)11(13)2/h6-9,14-15H,4-5H2,1-3H3,(H2,19,20,22)/t14-,15+/m0/s1. The number of rotatable bonds is 3. The van der Waals surface area contributed by atoms with Crippen molar-refractivity contribution < 1.29 is 9.53 Å². The summed E-state index contributed by atoms with van der Waals surface area (Å²) in [6, 6.07) is 1.55. The monoisotopic (exact) mass is 315 g/mol. The fourth-order valence-electron chi connectivity index (χ4n) is 2.80. The molecule has 3 rings (SSSR count). The van der Waals surface area contributed by atoms with Gasteiger partial charge in [-0.05, 0) is 31.9 Å². The van der Waals surface area contributed by atoms with Gasteiger partial charge >= 0.3 is 6.03 Å². The molecule has 1 aliphatic heterocycles. The van der Waals surface area contributed by atoms with E-state index in [1.165, 1.54) is 0 Å². The van der Waals surface area contributed by atoms with E-state index in [1.807, 2.05) is 37.8 Å². The van der Waals surface area contributed by atoms with Crippen molar-refractivity contribution in [3.05, 3.63) is 41.5 Å². The quantitative estimate of drug-likeness (QED) is 0.908. The van der Waals surface area contributed by atoms with Crippen LogP contribution < -0.4 is 10.6 Å². The normalized spacial score (nSPS) is 20.5. The lowest BCUT2D eigenvalue weighted by Gasteiger charge is -2.20. The number of nitrogens with zero attached hydrogens (tertiary/aromatic N) is 3. The molecule has 1 saturated heterocycles. The van der Waals surface area contributed by atoms with Crippen LogP contribution in [-0.4, -0.2) is 33.4 Å². The van der Waals surface area contributed by atoms with E-state index in [-0.39, 0.29) is 18.2 Å². The van der Waals surface area contributed by atoms with E-state index < -0.39 is 0 Å². The lowest BCUT2D eigenvalue weighted by atomic mass is 10.0. The molecule has 2 amide bonds. The largest absolute Gasteiger partial charge is 0.371 e. The first-order valence-electron chi connectivity index (χ1n) is 7.64. The Hall–Kier alpha value is -2.41. The Labute approximate surface area is 135 Å². The Balaban J connectivity index is 1.66. The van der Waals surface area contributed by atoms with Gasteiger partial charge in [-0.2, -0.15) is 5.10 Å². The number of amides is 2. The first kappa shape index (κ1) is 15.5. The number of nitrogens with one attached hydrogen (secondary N) is 2. The van der Waals surface area contributed by atoms with E-state index in [9.17, 15) is 4.79 Å². The highest BCUT2D eigenvalue weighted by Crippen LogP contribution is 2.30. The Morgan fingerprint density at radius 2 is 2.17 bits per heavy atom. The molecule has 3 heterocycles. The highest BCUT2D eigenvalue weighted by Gasteiger charge is 2.33. The predicted octanol–water partition coefficient (Wildman–Crippen LogP) is 2.08. The summed E-state index contributed by atoms with van der Waals surface area (Å²) < 4.78 is 7.62. The summed E-state index contributed by atoms with van der Waals surface area (Å²) in [7, 11) is 1.90. The third kappa shape index (κ3) is 3.34. The van der Waals surface area contributed by atoms with Gasteiger partial charge in [-0.15, -0.1) is 0 Å². The Bertz CT molecular complexity index is 712. The van der Waals surface area contributed by atoms with E-state index in [4.69, 9.17) is 4.74 Å². The molecule has 0 saturated carbocycles. The predicted molar refractivity (Wildman–Crippen MR) is 86.2 cm³/mol. The lowest BCUT2D eigenvalue weighted by Crippen LogP contribution is -2.39. The van der Waals surface area contributed by atoms with E-state index in [2.05, 4.69) is 20.7 Å². The summed E-state index contributed by atoms with van der Waals surface area (Å²) in [4.78, 5) is 16.3. The maximum absolute atomic E-state index is 12.2. The molecule has 2 atom stereocenters. The minimum absolute atomic E-state index is 0.0735. The fourth-order valence-corrected chi connectivity index (χ4v) is 2.80. The topological polar surface area (TPSA) is 81.1 Å². The maximum Gasteiger partial charge on any atom is 0.319 e. The third-order valence-corrected chi connectivity index (χ3v) is 4.12. The van der Waals surface area contributed by atoms with Crippen LogP contribution in [0.25, 0.3) is 0 Å². The van der Waals surface area contributed by atoms with Gasteiger partial charge in [0.25, 0.3) is 0 Å². The minimum Gasteiger partial charge on any atom is -0.371 e. The number of carbonyl (C=O) groups is 1. The second-order valence-corrected chi connectivity index (χ2v) is 5.84. The first-order valence-corrected chi connectivity index (χ1v) is 7.64. The molecule has 1 aliphatic rings. The van der Waals surface area contributed by atoms with Gasteiger partial charge in [0.1, 0.15) is 6.10 Å². The fraction of sp³-hybridized carbons (Fsp3) is 0.438. The van der Waals surface area contributed by atoms with E-state index in [1.54, 1.807) is 12.4 Å². The van der Waals surface area contributed by atoms with Gasteiger partial charge in [0.2, 0.25) is 0 Å². The molecule has 0 aliphatic carbocycles. The van der Waals surface area contributed by atoms with Crippen LogP contribution in [0.3, 0.4) is 0 Å². The van der Waals surface area contributed by atoms with Crippen molar-refractivity contribution in [3.63, 3.8) is 0 Å². The highest BCUT2D eigenvalue weighted by molar-refractivity contribution is 5.89. The molecule has 0 bridgehead atoms. The van der Waals surface area contributed by atoms with Gasteiger partial charge in [0, 0.05) is 31.1 Å². The second-order valence-electron chi connectivity index (χ2n) is 5.84. The van der Waals surface area contributed by atoms with Crippen molar-refractivity contribution in [2.24, 2.45) is 7.05 Å². The van der Waals surface area contributed by atoms with Crippen molar-refractivity contribution in [3.8, 4) is 0 Å². The number of anilines is 1. The number of ether oxygens (including phenoxy) is 1. The molecule has 23 heavy (non-hydrogen) atoms. The van der Waals surface area contributed by atoms with Crippen LogP contribution in [0.2, 0.25) is 0 Å². The van der Waals surface area contributed by atoms with E-state index in [0.717, 1.165) is 23.2 Å². The molecular weight excluding hydrogens is 294 g/mol. The molecule has 2 aromatic heterocycles. The van der Waals surface area contributed by atoms with E-state index in [0.29, 0.717) is 12.3 Å². The molecule has 1 fully saturated rings. The molecule has 0 spiro atoms. The smallest absolute Gasteiger partial charge is 0.319 e. The summed E-state index contributed by atoms with van der Waals surface area (Å²) in [5.41, 5.74) is 3.74. The number of carbonyl (C=O) groups excluding carboxylic acids is 1. The van der Waals surface area contributed by atoms with Crippen molar-refractivity contribution >= 4 is 11.7 Å². The van der Waals surface area contributed by atoms with Crippen molar-refractivity contribution in [2.75, 3.05) is 11.9 Å². The van der Waals surface area contributed by atoms with Gasteiger partial charge < -0.3 is 15.4 Å². The first-order chi connectivity index (χ1) is 11.0. The molecule has 0 unspecified atom stereocenters. The number of aryl methyl sites for hydroxylation is 2. The van der Waals surface area contributed by atoms with E-state index >= 15 is 0 Å². The SMILES string of the molecule is Cc1cncc(NC(=O)N[C@H]2CCO[C@@H]2c2cnn(C)c2C)c1. The number of urea groups is 1.